The van der Waals surface area contributed by atoms with Gasteiger partial charge >= 0.3 is 5.69 Å². The number of fused-ring (bicyclic) bond motifs is 4. The average Bonchev–Trinajstić information content (AvgIpc) is 3.57. The van der Waals surface area contributed by atoms with Gasteiger partial charge < -0.3 is 19.9 Å². The van der Waals surface area contributed by atoms with Crippen molar-refractivity contribution in [3.05, 3.63) is 122 Å². The number of rotatable bonds is 6. The second-order valence-corrected chi connectivity index (χ2v) is 12.4. The molecule has 236 valence electrons. The van der Waals surface area contributed by atoms with Crippen LogP contribution in [0.3, 0.4) is 0 Å². The van der Waals surface area contributed by atoms with Crippen LogP contribution in [0.2, 0.25) is 0 Å². The third kappa shape index (κ3) is 7.41. The molecule has 0 spiro atoms. The molecule has 1 saturated heterocycles. The van der Waals surface area contributed by atoms with Crippen molar-refractivity contribution in [1.82, 2.24) is 20.0 Å². The van der Waals surface area contributed by atoms with E-state index in [9.17, 15) is 24.5 Å². The summed E-state index contributed by atoms with van der Waals surface area (Å²) in [6, 6.07) is 23.8. The Balaban J connectivity index is 1.27. The minimum atomic E-state index is -0.891. The van der Waals surface area contributed by atoms with Crippen molar-refractivity contribution >= 4 is 34.7 Å². The molecule has 1 atom stereocenters. The summed E-state index contributed by atoms with van der Waals surface area (Å²) in [4.78, 5) is 58.9. The number of piperazine rings is 1. The molecule has 46 heavy (non-hydrogen) atoms. The van der Waals surface area contributed by atoms with E-state index in [4.69, 9.17) is 4.74 Å². The van der Waals surface area contributed by atoms with Gasteiger partial charge in [-0.25, -0.2) is 0 Å². The van der Waals surface area contributed by atoms with Crippen LogP contribution in [0.1, 0.15) is 26.4 Å². The Labute approximate surface area is 270 Å². The van der Waals surface area contributed by atoms with Crippen LogP contribution < -0.4 is 10.1 Å². The molecule has 1 N–H and O–H groups in total. The number of carbonyl (C=O) groups excluding carboxylic acids is 3. The Bertz CT molecular complexity index is 1720. The smallest absolute Gasteiger partial charge is 0.311 e. The minimum Gasteiger partial charge on any atom is -0.450 e. The predicted molar refractivity (Wildman–Crippen MR) is 173 cm³/mol. The fraction of sp³-hybridized carbons (Fsp3) is 0.265. The minimum absolute atomic E-state index is 0.0911. The highest BCUT2D eigenvalue weighted by Gasteiger charge is 2.31. The van der Waals surface area contributed by atoms with Crippen LogP contribution in [-0.2, 0) is 29.1 Å². The molecule has 2 aliphatic rings. The van der Waals surface area contributed by atoms with Crippen molar-refractivity contribution in [1.29, 1.82) is 0 Å². The van der Waals surface area contributed by atoms with Crippen molar-refractivity contribution in [3.8, 4) is 11.5 Å². The zero-order valence-corrected chi connectivity index (χ0v) is 25.9. The molecule has 4 bridgehead atoms. The number of nitro benzene ring substituents is 1. The Morgan fingerprint density at radius 1 is 0.935 bits per heavy atom. The number of hydrogen-bond acceptors (Lipinski definition) is 8. The lowest BCUT2D eigenvalue weighted by Gasteiger charge is -2.36. The molecule has 11 nitrogen and oxygen atoms in total. The van der Waals surface area contributed by atoms with Crippen LogP contribution in [0.25, 0.3) is 0 Å². The molecule has 3 heterocycles. The van der Waals surface area contributed by atoms with E-state index >= 15 is 0 Å². The van der Waals surface area contributed by atoms with E-state index in [1.165, 1.54) is 40.0 Å². The average molecular weight is 640 g/mol. The molecular weight excluding hydrogens is 606 g/mol. The molecule has 0 radical (unpaired) electrons. The largest absolute Gasteiger partial charge is 0.450 e. The normalized spacial score (nSPS) is 17.5. The summed E-state index contributed by atoms with van der Waals surface area (Å²) in [7, 11) is 0. The van der Waals surface area contributed by atoms with Gasteiger partial charge in [0.15, 0.2) is 0 Å². The molecule has 2 aliphatic heterocycles. The zero-order chi connectivity index (χ0) is 32.0. The molecule has 0 aliphatic carbocycles. The summed E-state index contributed by atoms with van der Waals surface area (Å²) in [5.41, 5.74) is 1.76. The van der Waals surface area contributed by atoms with Crippen molar-refractivity contribution in [2.24, 2.45) is 0 Å². The quantitative estimate of drug-likeness (QED) is 0.244. The maximum absolute atomic E-state index is 14.0. The van der Waals surface area contributed by atoms with Crippen LogP contribution >= 0.6 is 11.3 Å². The number of carbonyl (C=O) groups is 3. The van der Waals surface area contributed by atoms with Crippen LogP contribution in [0, 0.1) is 10.1 Å². The highest BCUT2D eigenvalue weighted by Crippen LogP contribution is 2.33. The van der Waals surface area contributed by atoms with Crippen LogP contribution in [0.15, 0.2) is 90.3 Å². The zero-order valence-electron chi connectivity index (χ0n) is 25.0. The van der Waals surface area contributed by atoms with E-state index in [1.807, 2.05) is 41.8 Å². The van der Waals surface area contributed by atoms with E-state index in [1.54, 1.807) is 23.1 Å². The summed E-state index contributed by atoms with van der Waals surface area (Å²) in [6.45, 7) is 3.07. The summed E-state index contributed by atoms with van der Waals surface area (Å²) >= 11 is 1.44. The molecule has 1 unspecified atom stereocenters. The van der Waals surface area contributed by atoms with Crippen molar-refractivity contribution in [3.63, 3.8) is 0 Å². The van der Waals surface area contributed by atoms with Gasteiger partial charge in [0.25, 0.3) is 5.91 Å². The topological polar surface area (TPSA) is 125 Å². The molecule has 12 heteroatoms. The lowest BCUT2D eigenvalue weighted by molar-refractivity contribution is -0.385. The number of nitro groups is 1. The second-order valence-electron chi connectivity index (χ2n) is 11.3. The first-order valence-corrected chi connectivity index (χ1v) is 15.9. The van der Waals surface area contributed by atoms with Gasteiger partial charge in [-0.2, -0.15) is 0 Å². The first-order valence-electron chi connectivity index (χ1n) is 15.0. The van der Waals surface area contributed by atoms with Crippen molar-refractivity contribution in [2.75, 3.05) is 32.7 Å². The number of thiophene rings is 1. The van der Waals surface area contributed by atoms with E-state index in [0.717, 1.165) is 11.4 Å². The monoisotopic (exact) mass is 639 g/mol. The summed E-state index contributed by atoms with van der Waals surface area (Å²) in [5.74, 6) is -0.955. The Morgan fingerprint density at radius 3 is 2.48 bits per heavy atom. The first-order chi connectivity index (χ1) is 22.3. The van der Waals surface area contributed by atoms with Gasteiger partial charge in [0.2, 0.25) is 17.6 Å². The molecular formula is C34H33N5O6S. The number of ether oxygens (including phenoxy) is 1. The van der Waals surface area contributed by atoms with Crippen LogP contribution in [0.4, 0.5) is 5.69 Å². The van der Waals surface area contributed by atoms with Gasteiger partial charge in [-0.1, -0.05) is 48.5 Å². The third-order valence-corrected chi connectivity index (χ3v) is 8.95. The highest BCUT2D eigenvalue weighted by molar-refractivity contribution is 7.09. The maximum atomic E-state index is 14.0. The number of hydrogen-bond donors (Lipinski definition) is 1. The van der Waals surface area contributed by atoms with E-state index < -0.39 is 22.8 Å². The predicted octanol–water partition coefficient (Wildman–Crippen LogP) is 4.48. The Hall–Kier alpha value is -5.07. The number of benzene rings is 3. The molecule has 3 amide bonds. The highest BCUT2D eigenvalue weighted by atomic mass is 32.1. The van der Waals surface area contributed by atoms with Crippen LogP contribution in [-0.4, -0.2) is 76.1 Å². The molecule has 1 fully saturated rings. The third-order valence-electron chi connectivity index (χ3n) is 8.08. The van der Waals surface area contributed by atoms with Gasteiger partial charge in [0.1, 0.15) is 18.3 Å². The second kappa shape index (κ2) is 13.9. The van der Waals surface area contributed by atoms with Crippen molar-refractivity contribution < 1.29 is 24.0 Å². The lowest BCUT2D eigenvalue weighted by atomic mass is 10.0. The molecule has 4 aromatic rings. The van der Waals surface area contributed by atoms with E-state index in [2.05, 4.69) is 22.3 Å². The molecule has 6 rings (SSSR count). The summed E-state index contributed by atoms with van der Waals surface area (Å²) in [5, 5.41) is 16.6. The fourth-order valence-electron chi connectivity index (χ4n) is 5.75. The first kappa shape index (κ1) is 30.9. The lowest BCUT2D eigenvalue weighted by Crippen LogP contribution is -2.56. The van der Waals surface area contributed by atoms with E-state index in [-0.39, 0.29) is 42.4 Å². The number of amides is 3. The maximum Gasteiger partial charge on any atom is 0.311 e. The molecule has 1 aromatic heterocycles. The standard InChI is InChI=1S/C34H33N5O6S/c40-32-23-38(22-28-10-5-17-46-28)33(41)26-11-12-30(39(43)44)31(20-26)45-27-9-4-8-25(18-27)19-29(35-32)34(42)37-15-13-36(14-16-37)21-24-6-2-1-3-7-24/h1-12,17-18,20,29H,13-16,19,21-23H2,(H,35,40). The Kier molecular flexibility index (Phi) is 9.36. The molecule has 0 saturated carbocycles. The fourth-order valence-corrected chi connectivity index (χ4v) is 6.47. The summed E-state index contributed by atoms with van der Waals surface area (Å²) in [6.07, 6.45) is 0.174. The SMILES string of the molecule is O=C1CN(Cc2cccs2)C(=O)c2ccc([N+](=O)[O-])c(c2)Oc2cccc(c2)CC(C(=O)N2CCN(Cc3ccccc3)CC2)N1. The Morgan fingerprint density at radius 2 is 1.74 bits per heavy atom. The van der Waals surface area contributed by atoms with E-state index in [0.29, 0.717) is 37.5 Å². The van der Waals surface area contributed by atoms with Crippen LogP contribution in [0.5, 0.6) is 11.5 Å². The number of nitrogens with one attached hydrogen (secondary N) is 1. The van der Waals surface area contributed by atoms with Gasteiger partial charge in [0, 0.05) is 61.7 Å². The van der Waals surface area contributed by atoms with Gasteiger partial charge in [0.05, 0.1) is 11.5 Å². The van der Waals surface area contributed by atoms with Gasteiger partial charge in [-0.3, -0.25) is 29.4 Å². The van der Waals surface area contributed by atoms with Crippen molar-refractivity contribution in [2.45, 2.75) is 25.6 Å². The summed E-state index contributed by atoms with van der Waals surface area (Å²) < 4.78 is 5.98. The molecule has 3 aromatic carbocycles. The van der Waals surface area contributed by atoms with Gasteiger partial charge in [-0.15, -0.1) is 11.3 Å². The van der Waals surface area contributed by atoms with Gasteiger partial charge in [-0.05, 0) is 40.8 Å². The number of nitrogens with zero attached hydrogens (tertiary/aromatic N) is 4.